The van der Waals surface area contributed by atoms with Gasteiger partial charge >= 0.3 is 11.9 Å². The zero-order chi connectivity index (χ0) is 40.0. The Bertz CT molecular complexity index is 858. The predicted octanol–water partition coefficient (Wildman–Crippen LogP) is 11.2. The lowest BCUT2D eigenvalue weighted by Gasteiger charge is -2.34. The average Bonchev–Trinajstić information content (AvgIpc) is 3.12. The van der Waals surface area contributed by atoms with Crippen LogP contribution in [0.5, 0.6) is 0 Å². The maximum atomic E-state index is 12.7. The molecule has 0 N–H and O–H groups in total. The fraction of sp³-hybridized carbons (Fsp3) is 0.935. The molecule has 0 aliphatic heterocycles. The molecular weight excluding hydrogens is 679 g/mol. The molecule has 0 aromatic carbocycles. The monoisotopic (exact) mass is 768 g/mol. The first-order chi connectivity index (χ1) is 26.1. The number of quaternary nitrogens is 1. The molecule has 320 valence electrons. The number of aliphatic carboxylic acids is 1. The highest BCUT2D eigenvalue weighted by atomic mass is 16.6. The first-order valence-corrected chi connectivity index (χ1v) is 23.1. The van der Waals surface area contributed by atoms with Crippen LogP contribution in [-0.2, 0) is 28.6 Å². The Labute approximate surface area is 334 Å². The third-order valence-corrected chi connectivity index (χ3v) is 10.7. The molecule has 0 fully saturated rings. The van der Waals surface area contributed by atoms with Crippen LogP contribution in [0.3, 0.4) is 0 Å². The SMILES string of the molecule is CCCCCCCCCCCCCCCCCCCCCCCCCC(=O)OC(COCCC(C(=O)[O-])[N+](C)(C)C)COC(=O)CCCCCCCCC. The molecule has 0 radical (unpaired) electrons. The Kier molecular flexibility index (Phi) is 37.0. The van der Waals surface area contributed by atoms with Gasteiger partial charge < -0.3 is 28.6 Å². The summed E-state index contributed by atoms with van der Waals surface area (Å²) < 4.78 is 17.1. The zero-order valence-corrected chi connectivity index (χ0v) is 36.4. The molecule has 0 bridgehead atoms. The van der Waals surface area contributed by atoms with Crippen LogP contribution in [0.25, 0.3) is 0 Å². The third-order valence-electron chi connectivity index (χ3n) is 10.7. The van der Waals surface area contributed by atoms with Gasteiger partial charge in [-0.2, -0.15) is 0 Å². The van der Waals surface area contributed by atoms with Crippen molar-refractivity contribution in [1.29, 1.82) is 0 Å². The molecule has 8 nitrogen and oxygen atoms in total. The molecule has 0 aliphatic rings. The number of esters is 2. The number of carbonyl (C=O) groups excluding carboxylic acids is 3. The van der Waals surface area contributed by atoms with E-state index in [0.29, 0.717) is 12.8 Å². The second-order valence-electron chi connectivity index (χ2n) is 17.0. The normalized spacial score (nSPS) is 12.8. The topological polar surface area (TPSA) is 102 Å². The lowest BCUT2D eigenvalue weighted by Crippen LogP contribution is -2.55. The van der Waals surface area contributed by atoms with E-state index in [9.17, 15) is 19.5 Å². The van der Waals surface area contributed by atoms with Crippen molar-refractivity contribution in [3.8, 4) is 0 Å². The number of hydrogen-bond donors (Lipinski definition) is 0. The zero-order valence-electron chi connectivity index (χ0n) is 36.4. The quantitative estimate of drug-likeness (QED) is 0.0346. The average molecular weight is 768 g/mol. The van der Waals surface area contributed by atoms with E-state index >= 15 is 0 Å². The molecule has 2 atom stereocenters. The van der Waals surface area contributed by atoms with Gasteiger partial charge in [-0.05, 0) is 12.8 Å². The molecule has 8 heteroatoms. The van der Waals surface area contributed by atoms with E-state index in [2.05, 4.69) is 13.8 Å². The van der Waals surface area contributed by atoms with Crippen molar-refractivity contribution in [3.05, 3.63) is 0 Å². The Hall–Kier alpha value is -1.67. The highest BCUT2D eigenvalue weighted by Crippen LogP contribution is 2.16. The number of rotatable bonds is 42. The van der Waals surface area contributed by atoms with Crippen molar-refractivity contribution in [2.24, 2.45) is 0 Å². The number of carboxylic acid groups (broad SMARTS) is 1. The summed E-state index contributed by atoms with van der Waals surface area (Å²) in [5.74, 6) is -1.72. The number of carbonyl (C=O) groups is 3. The van der Waals surface area contributed by atoms with Gasteiger partial charge in [-0.3, -0.25) is 9.59 Å². The first kappa shape index (κ1) is 52.3. The Morgan fingerprint density at radius 3 is 1.15 bits per heavy atom. The molecule has 0 spiro atoms. The number of hydrogen-bond acceptors (Lipinski definition) is 7. The van der Waals surface area contributed by atoms with Crippen LogP contribution in [-0.4, -0.2) is 75.5 Å². The van der Waals surface area contributed by atoms with Crippen molar-refractivity contribution in [3.63, 3.8) is 0 Å². The standard InChI is InChI=1S/C46H89NO7/c1-6-8-10-12-14-15-16-17-18-19-20-21-22-23-24-25-26-27-28-29-31-33-35-37-45(49)54-42(40-52-39-38-43(46(50)51)47(3,4)5)41-53-44(48)36-34-32-30-13-11-9-7-2/h42-43H,6-41H2,1-5H3. The van der Waals surface area contributed by atoms with Crippen LogP contribution in [0.2, 0.25) is 0 Å². The molecule has 0 amide bonds. The predicted molar refractivity (Wildman–Crippen MR) is 222 cm³/mol. The van der Waals surface area contributed by atoms with Gasteiger partial charge in [-0.15, -0.1) is 0 Å². The third kappa shape index (κ3) is 36.0. The number of ether oxygens (including phenoxy) is 3. The van der Waals surface area contributed by atoms with Gasteiger partial charge in [0.15, 0.2) is 6.10 Å². The maximum absolute atomic E-state index is 12.7. The summed E-state index contributed by atoms with van der Waals surface area (Å²) in [5, 5.41) is 11.6. The van der Waals surface area contributed by atoms with E-state index in [0.717, 1.165) is 38.5 Å². The Morgan fingerprint density at radius 1 is 0.481 bits per heavy atom. The molecule has 0 aromatic heterocycles. The first-order valence-electron chi connectivity index (χ1n) is 23.1. The number of unbranched alkanes of at least 4 members (excludes halogenated alkanes) is 28. The van der Waals surface area contributed by atoms with E-state index in [-0.39, 0.29) is 42.7 Å². The van der Waals surface area contributed by atoms with Gasteiger partial charge in [-0.1, -0.05) is 194 Å². The molecule has 0 aliphatic carbocycles. The van der Waals surface area contributed by atoms with Crippen molar-refractivity contribution >= 4 is 17.9 Å². The molecule has 0 saturated carbocycles. The molecule has 2 unspecified atom stereocenters. The summed E-state index contributed by atoms with van der Waals surface area (Å²) in [4.78, 5) is 36.7. The van der Waals surface area contributed by atoms with Crippen LogP contribution in [0, 0.1) is 0 Å². The van der Waals surface area contributed by atoms with Gasteiger partial charge in [0.1, 0.15) is 12.6 Å². The summed E-state index contributed by atoms with van der Waals surface area (Å²) in [6.07, 6.45) is 38.7. The van der Waals surface area contributed by atoms with Crippen molar-refractivity contribution in [2.75, 3.05) is 41.0 Å². The van der Waals surface area contributed by atoms with Gasteiger partial charge in [0.05, 0.1) is 40.3 Å². The van der Waals surface area contributed by atoms with E-state index in [4.69, 9.17) is 14.2 Å². The fourth-order valence-corrected chi connectivity index (χ4v) is 7.13. The highest BCUT2D eigenvalue weighted by Gasteiger charge is 2.25. The molecule has 0 aromatic rings. The van der Waals surface area contributed by atoms with E-state index < -0.39 is 18.1 Å². The molecule has 0 rings (SSSR count). The summed E-state index contributed by atoms with van der Waals surface area (Å²) in [6.45, 7) is 4.65. The molecule has 0 saturated heterocycles. The van der Waals surface area contributed by atoms with E-state index in [1.54, 1.807) is 21.1 Å². The molecule has 0 heterocycles. The molecule has 54 heavy (non-hydrogen) atoms. The lowest BCUT2D eigenvalue weighted by molar-refractivity contribution is -0.889. The Morgan fingerprint density at radius 2 is 0.815 bits per heavy atom. The van der Waals surface area contributed by atoms with Crippen LogP contribution >= 0.6 is 0 Å². The van der Waals surface area contributed by atoms with Crippen LogP contribution in [0.4, 0.5) is 0 Å². The van der Waals surface area contributed by atoms with Gasteiger partial charge in [0.2, 0.25) is 0 Å². The van der Waals surface area contributed by atoms with Crippen LogP contribution in [0.15, 0.2) is 0 Å². The highest BCUT2D eigenvalue weighted by molar-refractivity contribution is 5.70. The summed E-state index contributed by atoms with van der Waals surface area (Å²) >= 11 is 0. The van der Waals surface area contributed by atoms with Crippen LogP contribution in [0.1, 0.15) is 226 Å². The second kappa shape index (κ2) is 38.2. The molecular formula is C46H89NO7. The number of likely N-dealkylation sites (N-methyl/N-ethyl adjacent to an activating group) is 1. The Balaban J connectivity index is 4.06. The van der Waals surface area contributed by atoms with Gasteiger partial charge in [0, 0.05) is 19.3 Å². The van der Waals surface area contributed by atoms with Crippen LogP contribution < -0.4 is 5.11 Å². The van der Waals surface area contributed by atoms with E-state index in [1.165, 1.54) is 154 Å². The summed E-state index contributed by atoms with van der Waals surface area (Å²) in [5.41, 5.74) is 0. The second-order valence-corrected chi connectivity index (χ2v) is 17.0. The lowest BCUT2D eigenvalue weighted by atomic mass is 10.0. The minimum atomic E-state index is -1.12. The minimum absolute atomic E-state index is 0.0484. The summed E-state index contributed by atoms with van der Waals surface area (Å²) in [6, 6.07) is -0.718. The fourth-order valence-electron chi connectivity index (χ4n) is 7.13. The summed E-state index contributed by atoms with van der Waals surface area (Å²) in [7, 11) is 5.41. The largest absolute Gasteiger partial charge is 0.544 e. The van der Waals surface area contributed by atoms with Crippen molar-refractivity contribution in [1.82, 2.24) is 0 Å². The van der Waals surface area contributed by atoms with Gasteiger partial charge in [0.25, 0.3) is 0 Å². The smallest absolute Gasteiger partial charge is 0.306 e. The van der Waals surface area contributed by atoms with Gasteiger partial charge in [-0.25, -0.2) is 0 Å². The maximum Gasteiger partial charge on any atom is 0.306 e. The van der Waals surface area contributed by atoms with Crippen molar-refractivity contribution in [2.45, 2.75) is 238 Å². The number of carboxylic acids is 1. The minimum Gasteiger partial charge on any atom is -0.544 e. The van der Waals surface area contributed by atoms with E-state index in [1.807, 2.05) is 0 Å². The number of nitrogens with zero attached hydrogens (tertiary/aromatic N) is 1. The van der Waals surface area contributed by atoms with Crippen molar-refractivity contribution < 1.29 is 38.2 Å².